The van der Waals surface area contributed by atoms with Crippen molar-refractivity contribution in [3.05, 3.63) is 34.4 Å². The van der Waals surface area contributed by atoms with Gasteiger partial charge in [0, 0.05) is 0 Å². The first-order valence-corrected chi connectivity index (χ1v) is 5.66. The molecule has 0 fully saturated rings. The molecule has 0 aliphatic rings. The first-order valence-electron chi connectivity index (χ1n) is 4.52. The lowest BCUT2D eigenvalue weighted by Crippen LogP contribution is -2.14. The number of hydrogen-bond acceptors (Lipinski definition) is 8. The van der Waals surface area contributed by atoms with Crippen LogP contribution in [0.3, 0.4) is 0 Å². The molecule has 2 rings (SSSR count). The van der Waals surface area contributed by atoms with Crippen LogP contribution in [0.25, 0.3) is 0 Å². The summed E-state index contributed by atoms with van der Waals surface area (Å²) in [6.07, 6.45) is 1.93. The van der Waals surface area contributed by atoms with Gasteiger partial charge in [-0.1, -0.05) is 0 Å². The van der Waals surface area contributed by atoms with Crippen molar-refractivity contribution in [2.75, 3.05) is 0 Å². The van der Waals surface area contributed by atoms with Crippen LogP contribution in [-0.2, 0) is 18.1 Å². The van der Waals surface area contributed by atoms with Gasteiger partial charge in [0.15, 0.2) is 5.25 Å². The molecular formula is C7H6N5O5S-. The van der Waals surface area contributed by atoms with E-state index in [0.717, 1.165) is 17.2 Å². The molecule has 18 heavy (non-hydrogen) atoms. The van der Waals surface area contributed by atoms with Gasteiger partial charge in [0.05, 0.1) is 7.05 Å². The predicted molar refractivity (Wildman–Crippen MR) is 54.9 cm³/mol. The third-order valence-electron chi connectivity index (χ3n) is 2.21. The van der Waals surface area contributed by atoms with Crippen LogP contribution in [-0.4, -0.2) is 33.4 Å². The van der Waals surface area contributed by atoms with Gasteiger partial charge in [0.1, 0.15) is 6.20 Å². The highest BCUT2D eigenvalue weighted by atomic mass is 32.2. The van der Waals surface area contributed by atoms with E-state index in [2.05, 4.69) is 15.2 Å². The monoisotopic (exact) mass is 272 g/mol. The molecule has 0 saturated carbocycles. The summed E-state index contributed by atoms with van der Waals surface area (Å²) in [6, 6.07) is 0. The van der Waals surface area contributed by atoms with Crippen molar-refractivity contribution >= 4 is 16.9 Å². The Balaban J connectivity index is 2.51. The Hall–Kier alpha value is -2.14. The molecule has 0 spiro atoms. The minimum atomic E-state index is -2.65. The van der Waals surface area contributed by atoms with Crippen LogP contribution < -0.4 is 0 Å². The van der Waals surface area contributed by atoms with Crippen LogP contribution in [0, 0.1) is 10.1 Å². The van der Waals surface area contributed by atoms with Gasteiger partial charge in [-0.25, -0.2) is 9.55 Å². The highest BCUT2D eigenvalue weighted by molar-refractivity contribution is 7.79. The van der Waals surface area contributed by atoms with Gasteiger partial charge < -0.3 is 19.1 Å². The van der Waals surface area contributed by atoms with Gasteiger partial charge in [0.25, 0.3) is 0 Å². The number of imidazole rings is 1. The summed E-state index contributed by atoms with van der Waals surface area (Å²) < 4.78 is 28.2. The van der Waals surface area contributed by atoms with E-state index >= 15 is 0 Å². The molecule has 0 aliphatic carbocycles. The second kappa shape index (κ2) is 4.62. The van der Waals surface area contributed by atoms with Gasteiger partial charge in [-0.3, -0.25) is 4.21 Å². The van der Waals surface area contributed by atoms with Crippen molar-refractivity contribution in [2.24, 2.45) is 7.05 Å². The van der Waals surface area contributed by atoms with E-state index < -0.39 is 21.3 Å². The fourth-order valence-electron chi connectivity index (χ4n) is 1.40. The van der Waals surface area contributed by atoms with E-state index in [4.69, 9.17) is 4.42 Å². The molecule has 11 heteroatoms. The maximum Gasteiger partial charge on any atom is 0.342 e. The van der Waals surface area contributed by atoms with Crippen molar-refractivity contribution in [2.45, 2.75) is 5.25 Å². The van der Waals surface area contributed by atoms with Crippen LogP contribution in [0.2, 0.25) is 0 Å². The molecule has 0 saturated heterocycles. The van der Waals surface area contributed by atoms with Gasteiger partial charge in [-0.2, -0.15) is 0 Å². The van der Waals surface area contributed by atoms with Gasteiger partial charge in [-0.15, -0.1) is 10.2 Å². The van der Waals surface area contributed by atoms with Crippen molar-refractivity contribution < 1.29 is 18.1 Å². The molecule has 0 amide bonds. The first kappa shape index (κ1) is 12.3. The lowest BCUT2D eigenvalue weighted by Gasteiger charge is -2.12. The molecule has 0 aromatic carbocycles. The Kier molecular flexibility index (Phi) is 3.16. The summed E-state index contributed by atoms with van der Waals surface area (Å²) in [6.45, 7) is 0. The zero-order chi connectivity index (χ0) is 13.3. The molecular weight excluding hydrogens is 266 g/mol. The van der Waals surface area contributed by atoms with E-state index in [1.807, 2.05) is 0 Å². The smallest absolute Gasteiger partial charge is 0.342 e. The predicted octanol–water partition coefficient (Wildman–Crippen LogP) is -0.320. The molecule has 0 aliphatic heterocycles. The van der Waals surface area contributed by atoms with Gasteiger partial charge in [0.2, 0.25) is 18.1 Å². The summed E-state index contributed by atoms with van der Waals surface area (Å²) >= 11 is -2.65. The van der Waals surface area contributed by atoms with E-state index in [1.165, 1.54) is 7.05 Å². The highest BCUT2D eigenvalue weighted by Crippen LogP contribution is 2.26. The topological polar surface area (TPSA) is 140 Å². The lowest BCUT2D eigenvalue weighted by atomic mass is 10.4. The number of nitro groups is 1. The third-order valence-corrected chi connectivity index (χ3v) is 3.01. The molecule has 2 atom stereocenters. The van der Waals surface area contributed by atoms with E-state index in [1.54, 1.807) is 0 Å². The largest absolute Gasteiger partial charge is 0.771 e. The molecule has 0 N–H and O–H groups in total. The maximum absolute atomic E-state index is 11.2. The fraction of sp³-hybridized carbons (Fsp3) is 0.286. The Labute approximate surface area is 102 Å². The summed E-state index contributed by atoms with van der Waals surface area (Å²) in [4.78, 5) is 13.7. The summed E-state index contributed by atoms with van der Waals surface area (Å²) in [7, 11) is 1.33. The van der Waals surface area contributed by atoms with E-state index in [0.29, 0.717) is 0 Å². The number of nitrogens with zero attached hydrogens (tertiary/aromatic N) is 5. The summed E-state index contributed by atoms with van der Waals surface area (Å²) in [5.41, 5.74) is 0. The van der Waals surface area contributed by atoms with E-state index in [9.17, 15) is 18.9 Å². The average molecular weight is 272 g/mol. The molecule has 96 valence electrons. The Morgan fingerprint density at radius 1 is 1.61 bits per heavy atom. The normalized spacial score (nSPS) is 14.3. The fourth-order valence-corrected chi connectivity index (χ4v) is 2.06. The number of aromatic nitrogens is 4. The molecule has 2 aromatic rings. The number of rotatable bonds is 4. The minimum Gasteiger partial charge on any atom is -0.771 e. The minimum absolute atomic E-state index is 0.0701. The van der Waals surface area contributed by atoms with Crippen LogP contribution in [0.4, 0.5) is 5.82 Å². The van der Waals surface area contributed by atoms with Crippen molar-refractivity contribution in [3.63, 3.8) is 0 Å². The Morgan fingerprint density at radius 3 is 2.78 bits per heavy atom. The maximum atomic E-state index is 11.2. The molecule has 10 nitrogen and oxygen atoms in total. The molecule has 0 bridgehead atoms. The quantitative estimate of drug-likeness (QED) is 0.419. The standard InChI is InChI=1S/C7H7N5O5S/c1-11-4(12(13)14)2-8-6(11)5(18(15)16)7-10-9-3-17-7/h2-3,5H,1H3,(H,15,16)/p-1. The molecule has 2 unspecified atom stereocenters. The third kappa shape index (κ3) is 2.00. The second-order valence-electron chi connectivity index (χ2n) is 3.21. The van der Waals surface area contributed by atoms with Gasteiger partial charge in [-0.05, 0) is 16.0 Å². The summed E-state index contributed by atoms with van der Waals surface area (Å²) in [5, 5.41) is 16.2. The van der Waals surface area contributed by atoms with E-state index in [-0.39, 0.29) is 17.5 Å². The lowest BCUT2D eigenvalue weighted by molar-refractivity contribution is -0.391. The van der Waals surface area contributed by atoms with Crippen molar-refractivity contribution in [1.82, 2.24) is 19.7 Å². The van der Waals surface area contributed by atoms with Crippen molar-refractivity contribution in [3.8, 4) is 0 Å². The van der Waals surface area contributed by atoms with Crippen LogP contribution >= 0.6 is 0 Å². The van der Waals surface area contributed by atoms with Crippen molar-refractivity contribution in [1.29, 1.82) is 0 Å². The molecule has 2 aromatic heterocycles. The Morgan fingerprint density at radius 2 is 2.33 bits per heavy atom. The highest BCUT2D eigenvalue weighted by Gasteiger charge is 2.30. The molecule has 0 radical (unpaired) electrons. The van der Waals surface area contributed by atoms with Crippen LogP contribution in [0.15, 0.2) is 17.0 Å². The van der Waals surface area contributed by atoms with Crippen LogP contribution in [0.1, 0.15) is 17.0 Å². The second-order valence-corrected chi connectivity index (χ2v) is 4.20. The zero-order valence-corrected chi connectivity index (χ0v) is 9.73. The zero-order valence-electron chi connectivity index (χ0n) is 8.92. The number of hydrogen-bond donors (Lipinski definition) is 0. The first-order chi connectivity index (χ1) is 8.52. The molecule has 2 heterocycles. The van der Waals surface area contributed by atoms with Gasteiger partial charge >= 0.3 is 5.82 Å². The summed E-state index contributed by atoms with van der Waals surface area (Å²) in [5.74, 6) is -0.605. The Bertz CT molecular complexity index is 593. The SMILES string of the molecule is Cn1c([N+](=O)[O-])cnc1C(c1nnco1)S(=O)[O-]. The average Bonchev–Trinajstić information content (AvgIpc) is 2.90. The van der Waals surface area contributed by atoms with Crippen LogP contribution in [0.5, 0.6) is 0 Å².